The Morgan fingerprint density at radius 3 is 2.93 bits per heavy atom. The molecule has 0 fully saturated rings. The number of rotatable bonds is 4. The Bertz CT molecular complexity index is 298. The Morgan fingerprint density at radius 1 is 1.71 bits per heavy atom. The highest BCUT2D eigenvalue weighted by molar-refractivity contribution is 9.09. The lowest BCUT2D eigenvalue weighted by Gasteiger charge is -2.24. The molecule has 14 heavy (non-hydrogen) atoms. The predicted molar refractivity (Wildman–Crippen MR) is 62.1 cm³/mol. The number of alkyl halides is 1. The molecule has 1 rings (SSSR count). The third-order valence-electron chi connectivity index (χ3n) is 1.84. The number of aromatic nitrogens is 1. The van der Waals surface area contributed by atoms with Gasteiger partial charge in [0.1, 0.15) is 5.69 Å². The summed E-state index contributed by atoms with van der Waals surface area (Å²) in [5.41, 5.74) is 1.97. The quantitative estimate of drug-likeness (QED) is 0.859. The topological polar surface area (TPSA) is 42.0 Å². The van der Waals surface area contributed by atoms with Crippen LogP contribution in [0, 0.1) is 0 Å². The molecule has 0 aliphatic heterocycles. The van der Waals surface area contributed by atoms with Crippen LogP contribution in [0.2, 0.25) is 0 Å². The van der Waals surface area contributed by atoms with E-state index in [-0.39, 0.29) is 11.4 Å². The molecule has 0 radical (unpaired) electrons. The lowest BCUT2D eigenvalue weighted by Crippen LogP contribution is -2.43. The van der Waals surface area contributed by atoms with E-state index >= 15 is 0 Å². The lowest BCUT2D eigenvalue weighted by molar-refractivity contribution is 0.0907. The van der Waals surface area contributed by atoms with Gasteiger partial charge in [0.2, 0.25) is 0 Å². The summed E-state index contributed by atoms with van der Waals surface area (Å²) in [6.45, 7) is 4.00. The van der Waals surface area contributed by atoms with Crippen molar-refractivity contribution in [1.82, 2.24) is 10.3 Å². The maximum Gasteiger partial charge on any atom is 0.271 e. The molecule has 0 unspecified atom stereocenters. The minimum absolute atomic E-state index is 0.0998. The fourth-order valence-electron chi connectivity index (χ4n) is 0.995. The first-order chi connectivity index (χ1) is 6.55. The van der Waals surface area contributed by atoms with Gasteiger partial charge in [-0.25, -0.2) is 4.98 Å². The van der Waals surface area contributed by atoms with Crippen LogP contribution in [0.15, 0.2) is 10.9 Å². The van der Waals surface area contributed by atoms with E-state index in [1.807, 2.05) is 13.8 Å². The fraction of sp³-hybridized carbons (Fsp3) is 0.556. The minimum atomic E-state index is -0.190. The first-order valence-electron chi connectivity index (χ1n) is 4.32. The molecule has 0 saturated heterocycles. The smallest absolute Gasteiger partial charge is 0.271 e. The number of nitrogens with one attached hydrogen (secondary N) is 1. The zero-order chi connectivity index (χ0) is 10.6. The molecule has 0 bridgehead atoms. The monoisotopic (exact) mass is 276 g/mol. The van der Waals surface area contributed by atoms with E-state index in [1.165, 1.54) is 11.3 Å². The lowest BCUT2D eigenvalue weighted by atomic mass is 10.0. The molecule has 1 aromatic rings. The Kier molecular flexibility index (Phi) is 4.07. The normalized spacial score (nSPS) is 11.4. The van der Waals surface area contributed by atoms with Gasteiger partial charge in [-0.1, -0.05) is 15.9 Å². The number of nitrogens with zero attached hydrogens (tertiary/aromatic N) is 1. The molecular formula is C9H13BrN2OS. The van der Waals surface area contributed by atoms with E-state index in [4.69, 9.17) is 0 Å². The molecule has 1 amide bonds. The molecular weight excluding hydrogens is 264 g/mol. The van der Waals surface area contributed by atoms with Gasteiger partial charge in [-0.2, -0.15) is 0 Å². The summed E-state index contributed by atoms with van der Waals surface area (Å²) < 4.78 is 0. The number of hydrogen-bond acceptors (Lipinski definition) is 3. The van der Waals surface area contributed by atoms with Gasteiger partial charge in [0.25, 0.3) is 5.91 Å². The van der Waals surface area contributed by atoms with Crippen molar-refractivity contribution in [2.45, 2.75) is 25.8 Å². The highest BCUT2D eigenvalue weighted by atomic mass is 79.9. The molecule has 0 aliphatic carbocycles. The first kappa shape index (κ1) is 11.7. The van der Waals surface area contributed by atoms with Gasteiger partial charge in [-0.05, 0) is 20.3 Å². The van der Waals surface area contributed by atoms with Crippen LogP contribution in [0.5, 0.6) is 0 Å². The van der Waals surface area contributed by atoms with Gasteiger partial charge < -0.3 is 5.32 Å². The van der Waals surface area contributed by atoms with Crippen molar-refractivity contribution < 1.29 is 4.79 Å². The van der Waals surface area contributed by atoms with Crippen molar-refractivity contribution in [3.8, 4) is 0 Å². The summed E-state index contributed by atoms with van der Waals surface area (Å²) in [4.78, 5) is 15.6. The molecule has 3 nitrogen and oxygen atoms in total. The van der Waals surface area contributed by atoms with E-state index in [0.29, 0.717) is 5.69 Å². The summed E-state index contributed by atoms with van der Waals surface area (Å²) in [6.07, 6.45) is 0.892. The van der Waals surface area contributed by atoms with Crippen molar-refractivity contribution in [2.75, 3.05) is 5.33 Å². The molecule has 1 heterocycles. The van der Waals surface area contributed by atoms with Gasteiger partial charge >= 0.3 is 0 Å². The average molecular weight is 277 g/mol. The number of thiazole rings is 1. The largest absolute Gasteiger partial charge is 0.346 e. The van der Waals surface area contributed by atoms with Crippen molar-refractivity contribution in [3.05, 3.63) is 16.6 Å². The third kappa shape index (κ3) is 3.38. The molecule has 0 aliphatic rings. The van der Waals surface area contributed by atoms with Gasteiger partial charge in [0.15, 0.2) is 0 Å². The van der Waals surface area contributed by atoms with Crippen molar-refractivity contribution >= 4 is 33.2 Å². The van der Waals surface area contributed by atoms with Crippen molar-refractivity contribution in [3.63, 3.8) is 0 Å². The Balaban J connectivity index is 2.57. The Hall–Kier alpha value is -0.420. The van der Waals surface area contributed by atoms with Crippen LogP contribution < -0.4 is 5.32 Å². The van der Waals surface area contributed by atoms with E-state index < -0.39 is 0 Å². The maximum atomic E-state index is 11.6. The summed E-state index contributed by atoms with van der Waals surface area (Å²) in [6, 6.07) is 0. The molecule has 0 aromatic carbocycles. The van der Waals surface area contributed by atoms with E-state index in [2.05, 4.69) is 26.2 Å². The first-order valence-corrected chi connectivity index (χ1v) is 6.38. The predicted octanol–water partition coefficient (Wildman–Crippen LogP) is 2.44. The number of amides is 1. The van der Waals surface area contributed by atoms with Crippen LogP contribution in [0.4, 0.5) is 0 Å². The van der Waals surface area contributed by atoms with Crippen LogP contribution in [0.3, 0.4) is 0 Å². The molecule has 0 saturated carbocycles. The van der Waals surface area contributed by atoms with Crippen LogP contribution in [-0.2, 0) is 0 Å². The maximum absolute atomic E-state index is 11.6. The number of hydrogen-bond donors (Lipinski definition) is 1. The van der Waals surface area contributed by atoms with Crippen LogP contribution in [-0.4, -0.2) is 21.8 Å². The van der Waals surface area contributed by atoms with Gasteiger partial charge in [-0.15, -0.1) is 11.3 Å². The van der Waals surface area contributed by atoms with Gasteiger partial charge in [0.05, 0.1) is 5.51 Å². The minimum Gasteiger partial charge on any atom is -0.346 e. The van der Waals surface area contributed by atoms with Crippen LogP contribution >= 0.6 is 27.3 Å². The Morgan fingerprint density at radius 2 is 2.43 bits per heavy atom. The van der Waals surface area contributed by atoms with Gasteiger partial charge in [-0.3, -0.25) is 4.79 Å². The zero-order valence-corrected chi connectivity index (χ0v) is 10.6. The van der Waals surface area contributed by atoms with Crippen molar-refractivity contribution in [1.29, 1.82) is 0 Å². The zero-order valence-electron chi connectivity index (χ0n) is 8.21. The Labute approximate surface area is 96.1 Å². The number of carbonyl (C=O) groups excluding carboxylic acids is 1. The van der Waals surface area contributed by atoms with Crippen LogP contribution in [0.1, 0.15) is 30.8 Å². The standard InChI is InChI=1S/C9H13BrN2OS/c1-9(2,3-4-10)12-8(13)7-5-14-6-11-7/h5-6H,3-4H2,1-2H3,(H,12,13). The SMILES string of the molecule is CC(C)(CCBr)NC(=O)c1cscn1. The summed E-state index contributed by atoms with van der Waals surface area (Å²) in [5.74, 6) is -0.0998. The molecule has 1 aromatic heterocycles. The van der Waals surface area contributed by atoms with E-state index in [1.54, 1.807) is 10.9 Å². The highest BCUT2D eigenvalue weighted by Gasteiger charge is 2.20. The highest BCUT2D eigenvalue weighted by Crippen LogP contribution is 2.11. The van der Waals surface area contributed by atoms with Gasteiger partial charge in [0, 0.05) is 16.2 Å². The molecule has 78 valence electrons. The molecule has 5 heteroatoms. The average Bonchev–Trinajstić information content (AvgIpc) is 2.53. The fourth-order valence-corrected chi connectivity index (χ4v) is 2.52. The molecule has 1 N–H and O–H groups in total. The number of carbonyl (C=O) groups is 1. The number of halogens is 1. The molecule has 0 atom stereocenters. The summed E-state index contributed by atoms with van der Waals surface area (Å²) in [5, 5.41) is 5.56. The summed E-state index contributed by atoms with van der Waals surface area (Å²) in [7, 11) is 0. The second kappa shape index (κ2) is 4.89. The third-order valence-corrected chi connectivity index (χ3v) is 2.82. The second-order valence-corrected chi connectivity index (χ2v) is 5.16. The van der Waals surface area contributed by atoms with Crippen LogP contribution in [0.25, 0.3) is 0 Å². The van der Waals surface area contributed by atoms with E-state index in [9.17, 15) is 4.79 Å². The van der Waals surface area contributed by atoms with E-state index in [0.717, 1.165) is 11.8 Å². The molecule has 0 spiro atoms. The second-order valence-electron chi connectivity index (χ2n) is 3.65. The summed E-state index contributed by atoms with van der Waals surface area (Å²) >= 11 is 4.79. The van der Waals surface area contributed by atoms with Crippen molar-refractivity contribution in [2.24, 2.45) is 0 Å².